The largest absolute Gasteiger partial charge is 0.327 e. The standard InChI is InChI=1S/C18H21N5/c1-3-14(4-1)21-10-7-18-20-16-6-5-15(23-9-2-8-19-23)13-17(16)22(18)12-11-21/h2,5-6,8-9,13-14H,1,3-4,7,10-12H2. The highest BCUT2D eigenvalue weighted by Gasteiger charge is 2.27. The minimum atomic E-state index is 0.825. The summed E-state index contributed by atoms with van der Waals surface area (Å²) >= 11 is 0. The van der Waals surface area contributed by atoms with Gasteiger partial charge in [-0.2, -0.15) is 5.10 Å². The predicted octanol–water partition coefficient (Wildman–Crippen LogP) is 2.63. The molecule has 23 heavy (non-hydrogen) atoms. The molecule has 118 valence electrons. The molecule has 2 aliphatic rings. The Morgan fingerprint density at radius 1 is 1.09 bits per heavy atom. The molecule has 2 aromatic heterocycles. The van der Waals surface area contributed by atoms with E-state index in [-0.39, 0.29) is 0 Å². The van der Waals surface area contributed by atoms with E-state index in [0.717, 1.165) is 43.3 Å². The first-order valence-corrected chi connectivity index (χ1v) is 8.62. The van der Waals surface area contributed by atoms with Crippen LogP contribution in [0, 0.1) is 0 Å². The average Bonchev–Trinajstić information content (AvgIpc) is 3.11. The van der Waals surface area contributed by atoms with Crippen molar-refractivity contribution in [3.8, 4) is 5.69 Å². The van der Waals surface area contributed by atoms with E-state index in [1.165, 1.54) is 30.6 Å². The Hall–Kier alpha value is -2.14. The summed E-state index contributed by atoms with van der Waals surface area (Å²) in [7, 11) is 0. The summed E-state index contributed by atoms with van der Waals surface area (Å²) in [6, 6.07) is 9.22. The summed E-state index contributed by atoms with van der Waals surface area (Å²) in [5.74, 6) is 1.24. The molecule has 5 heteroatoms. The van der Waals surface area contributed by atoms with Crippen LogP contribution in [0.1, 0.15) is 25.1 Å². The van der Waals surface area contributed by atoms with Crippen molar-refractivity contribution in [3.05, 3.63) is 42.5 Å². The molecule has 0 spiro atoms. The van der Waals surface area contributed by atoms with Crippen LogP contribution in [0.25, 0.3) is 16.7 Å². The monoisotopic (exact) mass is 307 g/mol. The number of imidazole rings is 1. The van der Waals surface area contributed by atoms with Gasteiger partial charge in [-0.15, -0.1) is 0 Å². The Labute approximate surface area is 135 Å². The van der Waals surface area contributed by atoms with Crippen LogP contribution in [0.5, 0.6) is 0 Å². The third-order valence-electron chi connectivity index (χ3n) is 5.40. The molecule has 1 aliphatic carbocycles. The average molecular weight is 307 g/mol. The minimum Gasteiger partial charge on any atom is -0.327 e. The van der Waals surface area contributed by atoms with E-state index >= 15 is 0 Å². The topological polar surface area (TPSA) is 38.9 Å². The van der Waals surface area contributed by atoms with Crippen molar-refractivity contribution in [3.63, 3.8) is 0 Å². The lowest BCUT2D eigenvalue weighted by molar-refractivity contribution is 0.130. The Morgan fingerprint density at radius 2 is 2.04 bits per heavy atom. The number of hydrogen-bond acceptors (Lipinski definition) is 3. The van der Waals surface area contributed by atoms with Gasteiger partial charge in [-0.1, -0.05) is 6.42 Å². The fourth-order valence-corrected chi connectivity index (χ4v) is 3.87. The molecular formula is C18H21N5. The highest BCUT2D eigenvalue weighted by Crippen LogP contribution is 2.27. The van der Waals surface area contributed by atoms with Gasteiger partial charge in [-0.25, -0.2) is 9.67 Å². The van der Waals surface area contributed by atoms with E-state index in [4.69, 9.17) is 4.98 Å². The lowest BCUT2D eigenvalue weighted by atomic mass is 9.91. The summed E-state index contributed by atoms with van der Waals surface area (Å²) < 4.78 is 4.33. The lowest BCUT2D eigenvalue weighted by Gasteiger charge is -2.36. The number of benzene rings is 1. The molecule has 0 bridgehead atoms. The number of rotatable bonds is 2. The zero-order chi connectivity index (χ0) is 15.2. The fourth-order valence-electron chi connectivity index (χ4n) is 3.87. The van der Waals surface area contributed by atoms with Gasteiger partial charge in [0.15, 0.2) is 0 Å². The molecule has 0 unspecified atom stereocenters. The van der Waals surface area contributed by atoms with Gasteiger partial charge in [-0.05, 0) is 37.1 Å². The zero-order valence-corrected chi connectivity index (χ0v) is 13.2. The normalized spacial score (nSPS) is 19.5. The smallest absolute Gasteiger partial charge is 0.111 e. The van der Waals surface area contributed by atoms with Gasteiger partial charge < -0.3 is 4.57 Å². The van der Waals surface area contributed by atoms with Crippen molar-refractivity contribution in [1.82, 2.24) is 24.2 Å². The summed E-state index contributed by atoms with van der Waals surface area (Å²) in [6.45, 7) is 3.35. The molecule has 1 fully saturated rings. The Balaban J connectivity index is 1.51. The van der Waals surface area contributed by atoms with Gasteiger partial charge in [0.2, 0.25) is 0 Å². The maximum atomic E-state index is 4.88. The van der Waals surface area contributed by atoms with Crippen molar-refractivity contribution in [1.29, 1.82) is 0 Å². The highest BCUT2D eigenvalue weighted by molar-refractivity contribution is 5.78. The zero-order valence-electron chi connectivity index (χ0n) is 13.2. The number of fused-ring (bicyclic) bond motifs is 3. The van der Waals surface area contributed by atoms with Crippen molar-refractivity contribution in [2.45, 2.75) is 38.3 Å². The molecule has 0 saturated heterocycles. The van der Waals surface area contributed by atoms with Crippen molar-refractivity contribution in [2.24, 2.45) is 0 Å². The van der Waals surface area contributed by atoms with E-state index in [1.54, 1.807) is 0 Å². The Kier molecular flexibility index (Phi) is 3.01. The third-order valence-corrected chi connectivity index (χ3v) is 5.40. The molecular weight excluding hydrogens is 286 g/mol. The number of nitrogens with zero attached hydrogens (tertiary/aromatic N) is 5. The number of aromatic nitrogens is 4. The predicted molar refractivity (Wildman–Crippen MR) is 89.8 cm³/mol. The first kappa shape index (κ1) is 13.3. The molecule has 0 N–H and O–H groups in total. The Bertz CT molecular complexity index is 829. The first-order chi connectivity index (χ1) is 11.4. The molecule has 3 heterocycles. The van der Waals surface area contributed by atoms with Crippen molar-refractivity contribution < 1.29 is 0 Å². The summed E-state index contributed by atoms with van der Waals surface area (Å²) in [4.78, 5) is 7.55. The van der Waals surface area contributed by atoms with Gasteiger partial charge in [-0.3, -0.25) is 4.90 Å². The first-order valence-electron chi connectivity index (χ1n) is 8.62. The molecule has 1 saturated carbocycles. The molecule has 0 radical (unpaired) electrons. The van der Waals surface area contributed by atoms with Gasteiger partial charge >= 0.3 is 0 Å². The summed E-state index contributed by atoms with van der Waals surface area (Å²) in [5.41, 5.74) is 3.45. The molecule has 5 rings (SSSR count). The second-order valence-corrected chi connectivity index (χ2v) is 6.67. The van der Waals surface area contributed by atoms with Crippen LogP contribution in [0.2, 0.25) is 0 Å². The third kappa shape index (κ3) is 2.18. The Morgan fingerprint density at radius 3 is 2.83 bits per heavy atom. The van der Waals surface area contributed by atoms with Gasteiger partial charge in [0.05, 0.1) is 16.7 Å². The van der Waals surface area contributed by atoms with Crippen LogP contribution < -0.4 is 0 Å². The van der Waals surface area contributed by atoms with E-state index in [9.17, 15) is 0 Å². The number of hydrogen-bond donors (Lipinski definition) is 0. The maximum Gasteiger partial charge on any atom is 0.111 e. The maximum absolute atomic E-state index is 4.88. The lowest BCUT2D eigenvalue weighted by Crippen LogP contribution is -2.41. The minimum absolute atomic E-state index is 0.825. The van der Waals surface area contributed by atoms with Crippen LogP contribution in [-0.4, -0.2) is 43.4 Å². The van der Waals surface area contributed by atoms with Crippen LogP contribution >= 0.6 is 0 Å². The second kappa shape index (κ2) is 5.20. The molecule has 1 aromatic carbocycles. The molecule has 5 nitrogen and oxygen atoms in total. The van der Waals surface area contributed by atoms with Crippen molar-refractivity contribution >= 4 is 11.0 Å². The van der Waals surface area contributed by atoms with Gasteiger partial charge in [0.25, 0.3) is 0 Å². The highest BCUT2D eigenvalue weighted by atomic mass is 15.3. The fraction of sp³-hybridized carbons (Fsp3) is 0.444. The van der Waals surface area contributed by atoms with E-state index < -0.39 is 0 Å². The molecule has 0 amide bonds. The van der Waals surface area contributed by atoms with Gasteiger partial charge in [0, 0.05) is 44.5 Å². The van der Waals surface area contributed by atoms with E-state index in [1.807, 2.05) is 23.1 Å². The van der Waals surface area contributed by atoms with Crippen molar-refractivity contribution in [2.75, 3.05) is 13.1 Å². The van der Waals surface area contributed by atoms with E-state index in [2.05, 4.69) is 32.8 Å². The van der Waals surface area contributed by atoms with E-state index in [0.29, 0.717) is 0 Å². The van der Waals surface area contributed by atoms with Gasteiger partial charge in [0.1, 0.15) is 5.82 Å². The quantitative estimate of drug-likeness (QED) is 0.730. The van der Waals surface area contributed by atoms with Crippen LogP contribution in [0.15, 0.2) is 36.7 Å². The summed E-state index contributed by atoms with van der Waals surface area (Å²) in [6.07, 6.45) is 9.03. The van der Waals surface area contributed by atoms with Crippen LogP contribution in [-0.2, 0) is 13.0 Å². The SMILES string of the molecule is c1cnn(-c2ccc3nc4n(c3c2)CCN(C2CCC2)CC4)c1. The van der Waals surface area contributed by atoms with Crippen LogP contribution in [0.3, 0.4) is 0 Å². The van der Waals surface area contributed by atoms with Crippen LogP contribution in [0.4, 0.5) is 0 Å². The molecule has 1 aliphatic heterocycles. The molecule has 3 aromatic rings. The molecule has 0 atom stereocenters. The summed E-state index contributed by atoms with van der Waals surface area (Å²) in [5, 5.41) is 4.34. The second-order valence-electron chi connectivity index (χ2n) is 6.67.